The first-order chi connectivity index (χ1) is 12.1. The standard InChI is InChI=1S/C16H23N3O4S2/c1-4-17-23-16(21)19(24-3)25-18(12-11-15(20)22-5-2)13-14-9-7-6-8-10-14/h4,6-10H,5,11-13H2,1-3H3. The summed E-state index contributed by atoms with van der Waals surface area (Å²) in [6.07, 6.45) is 2.79. The Morgan fingerprint density at radius 3 is 2.60 bits per heavy atom. The van der Waals surface area contributed by atoms with Gasteiger partial charge in [0.05, 0.1) is 25.2 Å². The summed E-state index contributed by atoms with van der Waals surface area (Å²) in [5, 5.41) is 3.49. The molecule has 1 amide bonds. The Morgan fingerprint density at radius 2 is 2.00 bits per heavy atom. The number of hydrogen-bond donors (Lipinski definition) is 0. The number of nitrogens with zero attached hydrogens (tertiary/aromatic N) is 3. The Bertz CT molecular complexity index is 558. The molecule has 0 aliphatic carbocycles. The summed E-state index contributed by atoms with van der Waals surface area (Å²) >= 11 is 2.38. The van der Waals surface area contributed by atoms with Crippen LogP contribution in [0.4, 0.5) is 4.79 Å². The summed E-state index contributed by atoms with van der Waals surface area (Å²) < 4.78 is 8.23. The maximum Gasteiger partial charge on any atom is 0.457 e. The molecule has 0 unspecified atom stereocenters. The van der Waals surface area contributed by atoms with Gasteiger partial charge in [0.2, 0.25) is 0 Å². The molecular weight excluding hydrogens is 362 g/mol. The van der Waals surface area contributed by atoms with E-state index in [0.29, 0.717) is 19.7 Å². The lowest BCUT2D eigenvalue weighted by Crippen LogP contribution is -2.27. The number of ether oxygens (including phenoxy) is 1. The fourth-order valence-electron chi connectivity index (χ4n) is 1.76. The minimum atomic E-state index is -0.593. The van der Waals surface area contributed by atoms with Crippen LogP contribution in [0.1, 0.15) is 25.8 Å². The van der Waals surface area contributed by atoms with Gasteiger partial charge in [0.25, 0.3) is 0 Å². The van der Waals surface area contributed by atoms with Gasteiger partial charge in [-0.1, -0.05) is 35.5 Å². The average molecular weight is 386 g/mol. The van der Waals surface area contributed by atoms with Gasteiger partial charge in [-0.2, -0.15) is 3.71 Å². The van der Waals surface area contributed by atoms with Gasteiger partial charge in [0, 0.05) is 25.6 Å². The van der Waals surface area contributed by atoms with Gasteiger partial charge in [-0.15, -0.1) is 0 Å². The van der Waals surface area contributed by atoms with Crippen molar-refractivity contribution in [1.29, 1.82) is 0 Å². The van der Waals surface area contributed by atoms with Crippen molar-refractivity contribution < 1.29 is 19.2 Å². The highest BCUT2D eigenvalue weighted by molar-refractivity contribution is 8.11. The van der Waals surface area contributed by atoms with E-state index in [9.17, 15) is 9.59 Å². The number of esters is 1. The van der Waals surface area contributed by atoms with Crippen LogP contribution < -0.4 is 0 Å². The predicted molar refractivity (Wildman–Crippen MR) is 102 cm³/mol. The maximum atomic E-state index is 12.0. The van der Waals surface area contributed by atoms with E-state index >= 15 is 0 Å². The third-order valence-corrected chi connectivity index (χ3v) is 4.78. The van der Waals surface area contributed by atoms with Gasteiger partial charge in [-0.05, 0) is 31.4 Å². The molecule has 1 aromatic rings. The van der Waals surface area contributed by atoms with Crippen LogP contribution in [0.15, 0.2) is 35.5 Å². The van der Waals surface area contributed by atoms with Crippen molar-refractivity contribution in [3.05, 3.63) is 35.9 Å². The van der Waals surface area contributed by atoms with E-state index in [4.69, 9.17) is 9.57 Å². The second-order valence-electron chi connectivity index (χ2n) is 4.65. The summed E-state index contributed by atoms with van der Waals surface area (Å²) in [4.78, 5) is 28.4. The molecule has 7 nitrogen and oxygen atoms in total. The summed E-state index contributed by atoms with van der Waals surface area (Å²) in [7, 11) is 0. The molecule has 0 saturated carbocycles. The molecule has 0 saturated heterocycles. The normalized spacial score (nSPS) is 10.9. The number of amides is 1. The van der Waals surface area contributed by atoms with Crippen molar-refractivity contribution in [3.63, 3.8) is 0 Å². The molecule has 0 fully saturated rings. The lowest BCUT2D eigenvalue weighted by atomic mass is 10.2. The first kappa shape index (κ1) is 21.3. The Hall–Kier alpha value is -1.71. The number of rotatable bonds is 10. The van der Waals surface area contributed by atoms with Crippen molar-refractivity contribution in [3.8, 4) is 0 Å². The molecule has 0 aliphatic rings. The van der Waals surface area contributed by atoms with Crippen LogP contribution in [-0.4, -0.2) is 45.7 Å². The number of hydrogen-bond acceptors (Lipinski definition) is 8. The molecule has 0 aliphatic heterocycles. The zero-order valence-electron chi connectivity index (χ0n) is 14.6. The van der Waals surface area contributed by atoms with E-state index < -0.39 is 6.09 Å². The summed E-state index contributed by atoms with van der Waals surface area (Å²) in [5.41, 5.74) is 1.07. The molecular formula is C16H23N3O4S2. The summed E-state index contributed by atoms with van der Waals surface area (Å²) in [5.74, 6) is -0.268. The lowest BCUT2D eigenvalue weighted by Gasteiger charge is -2.25. The van der Waals surface area contributed by atoms with Crippen molar-refractivity contribution in [2.75, 3.05) is 19.4 Å². The lowest BCUT2D eigenvalue weighted by molar-refractivity contribution is -0.143. The van der Waals surface area contributed by atoms with E-state index in [0.717, 1.165) is 5.56 Å². The Morgan fingerprint density at radius 1 is 1.28 bits per heavy atom. The fourth-order valence-corrected chi connectivity index (χ4v) is 3.18. The third-order valence-electron chi connectivity index (χ3n) is 2.81. The van der Waals surface area contributed by atoms with Gasteiger partial charge < -0.3 is 4.74 Å². The third kappa shape index (κ3) is 8.80. The largest absolute Gasteiger partial charge is 0.466 e. The highest BCUT2D eigenvalue weighted by Gasteiger charge is 2.21. The van der Waals surface area contributed by atoms with E-state index in [2.05, 4.69) is 5.16 Å². The van der Waals surface area contributed by atoms with Crippen LogP contribution in [0.2, 0.25) is 0 Å². The molecule has 9 heteroatoms. The molecule has 0 spiro atoms. The highest BCUT2D eigenvalue weighted by Crippen LogP contribution is 2.26. The average Bonchev–Trinajstić information content (AvgIpc) is 2.63. The Kier molecular flexibility index (Phi) is 10.8. The number of carbonyl (C=O) groups excluding carboxylic acids is 2. The van der Waals surface area contributed by atoms with Crippen molar-refractivity contribution >= 4 is 42.4 Å². The van der Waals surface area contributed by atoms with E-state index in [-0.39, 0.29) is 12.4 Å². The smallest absolute Gasteiger partial charge is 0.457 e. The van der Waals surface area contributed by atoms with Crippen LogP contribution in [0.3, 0.4) is 0 Å². The number of benzene rings is 1. The first-order valence-electron chi connectivity index (χ1n) is 7.76. The van der Waals surface area contributed by atoms with Crippen LogP contribution >= 0.6 is 24.1 Å². The molecule has 138 valence electrons. The summed E-state index contributed by atoms with van der Waals surface area (Å²) in [6, 6.07) is 9.80. The van der Waals surface area contributed by atoms with Crippen molar-refractivity contribution in [2.45, 2.75) is 26.8 Å². The summed E-state index contributed by atoms with van der Waals surface area (Å²) in [6.45, 7) is 4.77. The fraction of sp³-hybridized carbons (Fsp3) is 0.438. The number of carbonyl (C=O) groups is 2. The Labute approximate surface area is 157 Å². The minimum Gasteiger partial charge on any atom is -0.466 e. The minimum absolute atomic E-state index is 0.234. The molecule has 0 bridgehead atoms. The van der Waals surface area contributed by atoms with Crippen LogP contribution in [-0.2, 0) is 20.9 Å². The highest BCUT2D eigenvalue weighted by atomic mass is 32.2. The molecule has 25 heavy (non-hydrogen) atoms. The zero-order valence-corrected chi connectivity index (χ0v) is 16.2. The molecule has 0 atom stereocenters. The van der Waals surface area contributed by atoms with Crippen LogP contribution in [0, 0.1) is 0 Å². The zero-order chi connectivity index (χ0) is 18.5. The van der Waals surface area contributed by atoms with Gasteiger partial charge in [-0.3, -0.25) is 9.63 Å². The van der Waals surface area contributed by atoms with Crippen LogP contribution in [0.5, 0.6) is 0 Å². The van der Waals surface area contributed by atoms with E-state index in [1.807, 2.05) is 34.6 Å². The van der Waals surface area contributed by atoms with Gasteiger partial charge >= 0.3 is 12.1 Å². The topological polar surface area (TPSA) is 71.4 Å². The first-order valence-corrected chi connectivity index (χ1v) is 9.67. The maximum absolute atomic E-state index is 12.0. The molecule has 0 radical (unpaired) electrons. The second kappa shape index (κ2) is 12.6. The SMILES string of the molecule is CC=NOC(=O)N(SC)SN(CCC(=O)OCC)Cc1ccccc1. The van der Waals surface area contributed by atoms with E-state index in [1.54, 1.807) is 20.1 Å². The van der Waals surface area contributed by atoms with Gasteiger partial charge in [0.1, 0.15) is 0 Å². The van der Waals surface area contributed by atoms with Gasteiger partial charge in [-0.25, -0.2) is 9.10 Å². The van der Waals surface area contributed by atoms with E-state index in [1.165, 1.54) is 34.0 Å². The van der Waals surface area contributed by atoms with Crippen LogP contribution in [0.25, 0.3) is 0 Å². The molecule has 0 aromatic heterocycles. The monoisotopic (exact) mass is 385 g/mol. The second-order valence-corrected chi connectivity index (χ2v) is 6.65. The Balaban J connectivity index is 2.73. The molecule has 0 heterocycles. The molecule has 1 rings (SSSR count). The molecule has 0 N–H and O–H groups in total. The van der Waals surface area contributed by atoms with Crippen molar-refractivity contribution in [1.82, 2.24) is 8.02 Å². The molecule has 1 aromatic carbocycles. The van der Waals surface area contributed by atoms with Gasteiger partial charge in [0.15, 0.2) is 0 Å². The number of oxime groups is 1. The van der Waals surface area contributed by atoms with Crippen molar-refractivity contribution in [2.24, 2.45) is 5.16 Å². The predicted octanol–water partition coefficient (Wildman–Crippen LogP) is 3.73. The quantitative estimate of drug-likeness (QED) is 0.200.